The van der Waals surface area contributed by atoms with Gasteiger partial charge in [0.15, 0.2) is 15.8 Å². The van der Waals surface area contributed by atoms with Crippen molar-refractivity contribution < 1.29 is 4.55 Å². The van der Waals surface area contributed by atoms with E-state index in [-0.39, 0.29) is 5.25 Å². The van der Waals surface area contributed by atoms with Gasteiger partial charge in [0, 0.05) is 23.0 Å². The smallest absolute Gasteiger partial charge is 0.188 e. The first-order chi connectivity index (χ1) is 9.65. The number of rotatable bonds is 4. The summed E-state index contributed by atoms with van der Waals surface area (Å²) in [5.74, 6) is 0.706. The van der Waals surface area contributed by atoms with E-state index in [0.29, 0.717) is 5.82 Å². The maximum atomic E-state index is 12.2. The molecule has 7 heteroatoms. The lowest BCUT2D eigenvalue weighted by atomic mass is 10.2. The number of aromatic nitrogens is 3. The fourth-order valence-electron chi connectivity index (χ4n) is 1.87. The highest BCUT2D eigenvalue weighted by atomic mass is 32.2. The lowest BCUT2D eigenvalue weighted by Crippen LogP contribution is -2.13. The van der Waals surface area contributed by atoms with E-state index in [1.807, 2.05) is 37.4 Å². The summed E-state index contributed by atoms with van der Waals surface area (Å²) >= 11 is 0.504. The Bertz CT molecular complexity index is 708. The molecule has 2 aromatic heterocycles. The maximum Gasteiger partial charge on any atom is 0.188 e. The third-order valence-corrected chi connectivity index (χ3v) is 5.12. The first kappa shape index (κ1) is 13.4. The summed E-state index contributed by atoms with van der Waals surface area (Å²) in [5, 5.41) is 14.1. The van der Waals surface area contributed by atoms with Gasteiger partial charge in [0.25, 0.3) is 0 Å². The largest absolute Gasteiger partial charge is 0.611 e. The number of nitrogens with one attached hydrogen (secondary N) is 2. The number of thiazole rings is 1. The zero-order valence-corrected chi connectivity index (χ0v) is 12.7. The van der Waals surface area contributed by atoms with Gasteiger partial charge >= 0.3 is 0 Å². The zero-order chi connectivity index (χ0) is 14.1. The van der Waals surface area contributed by atoms with Gasteiger partial charge in [-0.2, -0.15) is 5.10 Å². The van der Waals surface area contributed by atoms with Gasteiger partial charge in [0.2, 0.25) is 0 Å². The summed E-state index contributed by atoms with van der Waals surface area (Å²) in [4.78, 5) is 4.99. The molecule has 0 saturated carbocycles. The fraction of sp³-hybridized carbons (Fsp3) is 0.231. The van der Waals surface area contributed by atoms with Crippen LogP contribution < -0.4 is 5.32 Å². The van der Waals surface area contributed by atoms with Crippen LogP contribution in [0.3, 0.4) is 0 Å². The Morgan fingerprint density at radius 3 is 2.95 bits per heavy atom. The number of aromatic amines is 1. The van der Waals surface area contributed by atoms with E-state index in [1.165, 1.54) is 11.3 Å². The van der Waals surface area contributed by atoms with Crippen LogP contribution in [0.25, 0.3) is 10.9 Å². The number of benzene rings is 1. The van der Waals surface area contributed by atoms with Crippen molar-refractivity contribution in [2.45, 2.75) is 24.0 Å². The number of H-pyrrole nitrogens is 1. The van der Waals surface area contributed by atoms with E-state index in [9.17, 15) is 4.55 Å². The van der Waals surface area contributed by atoms with Crippen LogP contribution in [0.1, 0.15) is 13.8 Å². The quantitative estimate of drug-likeness (QED) is 0.725. The van der Waals surface area contributed by atoms with Crippen molar-refractivity contribution in [3.63, 3.8) is 0 Å². The second kappa shape index (κ2) is 5.43. The third-order valence-electron chi connectivity index (χ3n) is 2.85. The molecule has 3 rings (SSSR count). The number of anilines is 2. The van der Waals surface area contributed by atoms with Crippen molar-refractivity contribution in [2.75, 3.05) is 5.32 Å². The highest BCUT2D eigenvalue weighted by Gasteiger charge is 2.17. The summed E-state index contributed by atoms with van der Waals surface area (Å²) in [6.07, 6.45) is 1.74. The summed E-state index contributed by atoms with van der Waals surface area (Å²) in [6.45, 7) is 3.90. The van der Waals surface area contributed by atoms with Gasteiger partial charge in [0.1, 0.15) is 5.25 Å². The molecule has 3 aromatic rings. The molecule has 2 N–H and O–H groups in total. The van der Waals surface area contributed by atoms with Gasteiger partial charge in [-0.1, -0.05) is 0 Å². The molecular formula is C13H14N4OS2. The topological polar surface area (TPSA) is 76.7 Å². The number of nitrogens with zero attached hydrogens (tertiary/aromatic N) is 2. The van der Waals surface area contributed by atoms with Crippen LogP contribution in [-0.4, -0.2) is 25.0 Å². The standard InChI is InChI=1S/C13H14N4OS2/c1-8(2)20(18)9-3-4-11-10(7-9)12(17-16-11)15-13-14-5-6-19-13/h3-8H,1-2H3,(H2,14,15,16,17). The summed E-state index contributed by atoms with van der Waals surface area (Å²) in [6, 6.07) is 5.71. The molecule has 1 aromatic carbocycles. The van der Waals surface area contributed by atoms with Gasteiger partial charge in [-0.05, 0) is 37.2 Å². The monoisotopic (exact) mass is 306 g/mol. The van der Waals surface area contributed by atoms with Crippen LogP contribution in [-0.2, 0) is 11.2 Å². The molecule has 20 heavy (non-hydrogen) atoms. The Labute approximate surface area is 123 Å². The predicted molar refractivity (Wildman–Crippen MR) is 83.0 cm³/mol. The molecule has 0 saturated heterocycles. The van der Waals surface area contributed by atoms with E-state index in [2.05, 4.69) is 20.5 Å². The van der Waals surface area contributed by atoms with Crippen LogP contribution in [0.4, 0.5) is 10.9 Å². The lowest BCUT2D eigenvalue weighted by Gasteiger charge is -2.13. The van der Waals surface area contributed by atoms with Gasteiger partial charge in [0.05, 0.1) is 5.52 Å². The lowest BCUT2D eigenvalue weighted by molar-refractivity contribution is 0.586. The normalized spacial score (nSPS) is 13.0. The van der Waals surface area contributed by atoms with Crippen LogP contribution in [0.2, 0.25) is 0 Å². The molecule has 1 unspecified atom stereocenters. The predicted octanol–water partition coefficient (Wildman–Crippen LogP) is 3.28. The fourth-order valence-corrected chi connectivity index (χ4v) is 3.38. The minimum atomic E-state index is -1.00. The van der Waals surface area contributed by atoms with Crippen LogP contribution in [0.15, 0.2) is 34.7 Å². The minimum Gasteiger partial charge on any atom is -0.611 e. The van der Waals surface area contributed by atoms with Crippen molar-refractivity contribution in [2.24, 2.45) is 0 Å². The first-order valence-corrected chi connectivity index (χ1v) is 8.29. The molecule has 0 radical (unpaired) electrons. The SMILES string of the molecule is CC(C)[S+]([O-])c1ccc2[nH]nc(Nc3nccs3)c2c1. The molecule has 0 bridgehead atoms. The second-order valence-corrected chi connectivity index (χ2v) is 7.49. The Morgan fingerprint density at radius 2 is 2.25 bits per heavy atom. The Morgan fingerprint density at radius 1 is 1.40 bits per heavy atom. The van der Waals surface area contributed by atoms with Crippen molar-refractivity contribution in [3.05, 3.63) is 29.8 Å². The summed E-state index contributed by atoms with van der Waals surface area (Å²) in [7, 11) is 0. The second-order valence-electron chi connectivity index (χ2n) is 4.59. The Hall–Kier alpha value is -1.57. The molecular weight excluding hydrogens is 292 g/mol. The molecule has 0 spiro atoms. The van der Waals surface area contributed by atoms with Crippen molar-refractivity contribution in [3.8, 4) is 0 Å². The minimum absolute atomic E-state index is 0.0923. The Kier molecular flexibility index (Phi) is 3.64. The van der Waals surface area contributed by atoms with Gasteiger partial charge < -0.3 is 9.87 Å². The Balaban J connectivity index is 1.99. The molecule has 5 nitrogen and oxygen atoms in total. The molecule has 104 valence electrons. The average molecular weight is 306 g/mol. The molecule has 0 amide bonds. The summed E-state index contributed by atoms with van der Waals surface area (Å²) in [5.41, 5.74) is 0.911. The van der Waals surface area contributed by atoms with E-state index >= 15 is 0 Å². The van der Waals surface area contributed by atoms with Crippen molar-refractivity contribution >= 4 is 44.4 Å². The van der Waals surface area contributed by atoms with E-state index < -0.39 is 11.2 Å². The molecule has 0 aliphatic carbocycles. The van der Waals surface area contributed by atoms with Crippen LogP contribution in [0, 0.1) is 0 Å². The summed E-state index contributed by atoms with van der Waals surface area (Å²) < 4.78 is 12.2. The number of fused-ring (bicyclic) bond motifs is 1. The molecule has 0 aliphatic rings. The highest BCUT2D eigenvalue weighted by Crippen LogP contribution is 2.28. The zero-order valence-electron chi connectivity index (χ0n) is 11.1. The van der Waals surface area contributed by atoms with E-state index in [1.54, 1.807) is 6.20 Å². The maximum absolute atomic E-state index is 12.2. The van der Waals surface area contributed by atoms with E-state index in [0.717, 1.165) is 20.9 Å². The van der Waals surface area contributed by atoms with Gasteiger partial charge in [-0.15, -0.1) is 11.3 Å². The number of hydrogen-bond acceptors (Lipinski definition) is 5. The van der Waals surface area contributed by atoms with Crippen LogP contribution in [0.5, 0.6) is 0 Å². The van der Waals surface area contributed by atoms with E-state index in [4.69, 9.17) is 0 Å². The van der Waals surface area contributed by atoms with Gasteiger partial charge in [-0.25, -0.2) is 4.98 Å². The third kappa shape index (κ3) is 2.52. The van der Waals surface area contributed by atoms with Crippen LogP contribution >= 0.6 is 11.3 Å². The highest BCUT2D eigenvalue weighted by molar-refractivity contribution is 7.92. The van der Waals surface area contributed by atoms with Crippen molar-refractivity contribution in [1.29, 1.82) is 0 Å². The molecule has 0 fully saturated rings. The molecule has 2 heterocycles. The van der Waals surface area contributed by atoms with Gasteiger partial charge in [-0.3, -0.25) is 5.10 Å². The number of hydrogen-bond donors (Lipinski definition) is 2. The molecule has 1 atom stereocenters. The molecule has 0 aliphatic heterocycles. The average Bonchev–Trinajstić information content (AvgIpc) is 3.08. The van der Waals surface area contributed by atoms with Crippen molar-refractivity contribution in [1.82, 2.24) is 15.2 Å². The first-order valence-electron chi connectivity index (χ1n) is 6.20.